The molecule has 1 aliphatic rings. The first-order valence-corrected chi connectivity index (χ1v) is 8.35. The van der Waals surface area contributed by atoms with Gasteiger partial charge in [-0.15, -0.1) is 0 Å². The molecule has 0 saturated heterocycles. The van der Waals surface area contributed by atoms with Gasteiger partial charge in [0.1, 0.15) is 0 Å². The minimum absolute atomic E-state index is 0.162. The number of sulfonamides is 1. The summed E-state index contributed by atoms with van der Waals surface area (Å²) in [5, 5.41) is 0. The third-order valence-electron chi connectivity index (χ3n) is 3.20. The molecule has 0 atom stereocenters. The Morgan fingerprint density at radius 3 is 2.65 bits per heavy atom. The first-order valence-electron chi connectivity index (χ1n) is 6.91. The van der Waals surface area contributed by atoms with Gasteiger partial charge in [0, 0.05) is 18.2 Å². The van der Waals surface area contributed by atoms with Crippen molar-refractivity contribution in [3.63, 3.8) is 0 Å². The topological polar surface area (TPSA) is 63.4 Å². The molecule has 20 heavy (non-hydrogen) atoms. The van der Waals surface area contributed by atoms with Crippen LogP contribution in [0.5, 0.6) is 0 Å². The van der Waals surface area contributed by atoms with Gasteiger partial charge in [0.05, 0.1) is 11.4 Å². The van der Waals surface area contributed by atoms with E-state index in [-0.39, 0.29) is 12.6 Å². The van der Waals surface area contributed by atoms with E-state index in [9.17, 15) is 8.42 Å². The van der Waals surface area contributed by atoms with E-state index in [0.717, 1.165) is 19.3 Å². The Hall–Kier alpha value is -1.35. The summed E-state index contributed by atoms with van der Waals surface area (Å²) in [6, 6.07) is 7.04. The van der Waals surface area contributed by atoms with Crippen LogP contribution in [0, 0.1) is 11.8 Å². The van der Waals surface area contributed by atoms with Crippen LogP contribution < -0.4 is 5.73 Å². The van der Waals surface area contributed by atoms with Crippen LogP contribution in [0.25, 0.3) is 0 Å². The van der Waals surface area contributed by atoms with Gasteiger partial charge < -0.3 is 5.73 Å². The number of nitrogens with zero attached hydrogens (tertiary/aromatic N) is 1. The van der Waals surface area contributed by atoms with E-state index in [2.05, 4.69) is 11.8 Å². The molecule has 1 aromatic carbocycles. The summed E-state index contributed by atoms with van der Waals surface area (Å²) < 4.78 is 27.3. The van der Waals surface area contributed by atoms with Crippen LogP contribution in [-0.2, 0) is 10.0 Å². The first kappa shape index (κ1) is 15.0. The van der Waals surface area contributed by atoms with Crippen molar-refractivity contribution < 1.29 is 8.42 Å². The lowest BCUT2D eigenvalue weighted by Crippen LogP contribution is -2.34. The van der Waals surface area contributed by atoms with Crippen LogP contribution in [0.1, 0.15) is 31.7 Å². The smallest absolute Gasteiger partial charge is 0.244 e. The van der Waals surface area contributed by atoms with Crippen molar-refractivity contribution in [2.45, 2.75) is 37.1 Å². The van der Waals surface area contributed by atoms with E-state index in [1.807, 2.05) is 6.92 Å². The van der Waals surface area contributed by atoms with Crippen molar-refractivity contribution in [2.24, 2.45) is 5.73 Å². The highest BCUT2D eigenvalue weighted by molar-refractivity contribution is 7.89. The molecule has 0 bridgehead atoms. The predicted molar refractivity (Wildman–Crippen MR) is 79.6 cm³/mol. The zero-order valence-corrected chi connectivity index (χ0v) is 12.5. The highest BCUT2D eigenvalue weighted by atomic mass is 32.2. The van der Waals surface area contributed by atoms with Gasteiger partial charge in [0.2, 0.25) is 10.0 Å². The molecule has 1 aromatic rings. The SMILES string of the molecule is CCCN(C1CC1)S(=O)(=O)c1ccccc1C#CCN. The zero-order valence-electron chi connectivity index (χ0n) is 11.7. The quantitative estimate of drug-likeness (QED) is 0.838. The standard InChI is InChI=1S/C15H20N2O2S/c1-2-12-17(14-9-10-14)20(18,19)15-8-4-3-6-13(15)7-5-11-16/h3-4,6,8,14H,2,9-12,16H2,1H3. The van der Waals surface area contributed by atoms with Gasteiger partial charge in [-0.3, -0.25) is 0 Å². The molecule has 0 unspecified atom stereocenters. The maximum absolute atomic E-state index is 12.8. The van der Waals surface area contributed by atoms with Gasteiger partial charge in [-0.1, -0.05) is 30.9 Å². The number of nitrogens with two attached hydrogens (primary N) is 1. The molecule has 2 N–H and O–H groups in total. The fourth-order valence-corrected chi connectivity index (χ4v) is 4.08. The Morgan fingerprint density at radius 2 is 2.05 bits per heavy atom. The summed E-state index contributed by atoms with van der Waals surface area (Å²) in [6.07, 6.45) is 2.72. The van der Waals surface area contributed by atoms with Crippen LogP contribution in [-0.4, -0.2) is 31.9 Å². The second-order valence-corrected chi connectivity index (χ2v) is 6.71. The second-order valence-electron chi connectivity index (χ2n) is 4.85. The fraction of sp³-hybridized carbons (Fsp3) is 0.467. The largest absolute Gasteiger partial charge is 0.320 e. The minimum atomic E-state index is -3.47. The maximum atomic E-state index is 12.8. The summed E-state index contributed by atoms with van der Waals surface area (Å²) >= 11 is 0. The van der Waals surface area contributed by atoms with Crippen LogP contribution in [0.4, 0.5) is 0 Å². The van der Waals surface area contributed by atoms with E-state index in [4.69, 9.17) is 5.73 Å². The molecule has 108 valence electrons. The average Bonchev–Trinajstić information content (AvgIpc) is 3.27. The monoisotopic (exact) mass is 292 g/mol. The lowest BCUT2D eigenvalue weighted by atomic mass is 10.2. The van der Waals surface area contributed by atoms with E-state index < -0.39 is 10.0 Å². The van der Waals surface area contributed by atoms with Crippen LogP contribution >= 0.6 is 0 Å². The number of hydrogen-bond donors (Lipinski definition) is 1. The number of benzene rings is 1. The van der Waals surface area contributed by atoms with Gasteiger partial charge in [0.25, 0.3) is 0 Å². The average molecular weight is 292 g/mol. The third kappa shape index (κ3) is 3.21. The van der Waals surface area contributed by atoms with Crippen LogP contribution in [0.2, 0.25) is 0 Å². The van der Waals surface area contributed by atoms with Gasteiger partial charge in [-0.25, -0.2) is 8.42 Å². The van der Waals surface area contributed by atoms with Crippen molar-refractivity contribution in [3.05, 3.63) is 29.8 Å². The second kappa shape index (κ2) is 6.40. The third-order valence-corrected chi connectivity index (χ3v) is 5.21. The van der Waals surface area contributed by atoms with Crippen molar-refractivity contribution >= 4 is 10.0 Å². The van der Waals surface area contributed by atoms with Gasteiger partial charge in [-0.2, -0.15) is 4.31 Å². The Balaban J connectivity index is 2.42. The number of hydrogen-bond acceptors (Lipinski definition) is 3. The molecule has 0 aliphatic heterocycles. The van der Waals surface area contributed by atoms with Gasteiger partial charge in [-0.05, 0) is 31.4 Å². The summed E-state index contributed by atoms with van der Waals surface area (Å²) in [6.45, 7) is 2.77. The van der Waals surface area contributed by atoms with E-state index in [1.165, 1.54) is 0 Å². The molecule has 5 heteroatoms. The van der Waals surface area contributed by atoms with Crippen molar-refractivity contribution in [3.8, 4) is 11.8 Å². The predicted octanol–water partition coefficient (Wildman–Crippen LogP) is 1.56. The Morgan fingerprint density at radius 1 is 1.35 bits per heavy atom. The van der Waals surface area contributed by atoms with Crippen molar-refractivity contribution in [2.75, 3.05) is 13.1 Å². The molecule has 0 radical (unpaired) electrons. The van der Waals surface area contributed by atoms with Crippen molar-refractivity contribution in [1.82, 2.24) is 4.31 Å². The first-order chi connectivity index (χ1) is 9.61. The van der Waals surface area contributed by atoms with Crippen LogP contribution in [0.3, 0.4) is 0 Å². The van der Waals surface area contributed by atoms with E-state index in [1.54, 1.807) is 28.6 Å². The molecule has 1 saturated carbocycles. The molecule has 0 aromatic heterocycles. The molecular weight excluding hydrogens is 272 g/mol. The molecule has 1 fully saturated rings. The molecule has 0 amide bonds. The zero-order chi connectivity index (χ0) is 14.6. The molecule has 1 aliphatic carbocycles. The minimum Gasteiger partial charge on any atom is -0.320 e. The molecule has 2 rings (SSSR count). The van der Waals surface area contributed by atoms with Crippen LogP contribution in [0.15, 0.2) is 29.2 Å². The number of rotatable bonds is 5. The molecule has 0 spiro atoms. The van der Waals surface area contributed by atoms with Gasteiger partial charge >= 0.3 is 0 Å². The van der Waals surface area contributed by atoms with Crippen molar-refractivity contribution in [1.29, 1.82) is 0 Å². The Labute approximate surface area is 121 Å². The summed E-state index contributed by atoms with van der Waals surface area (Å²) in [5.74, 6) is 5.58. The summed E-state index contributed by atoms with van der Waals surface area (Å²) in [4.78, 5) is 0.293. The highest BCUT2D eigenvalue weighted by Crippen LogP contribution is 2.32. The lowest BCUT2D eigenvalue weighted by molar-refractivity contribution is 0.403. The van der Waals surface area contributed by atoms with Gasteiger partial charge in [0.15, 0.2) is 0 Å². The van der Waals surface area contributed by atoms with E-state index >= 15 is 0 Å². The van der Waals surface area contributed by atoms with E-state index in [0.29, 0.717) is 17.0 Å². The fourth-order valence-electron chi connectivity index (χ4n) is 2.15. The molecule has 0 heterocycles. The normalized spacial score (nSPS) is 14.9. The summed E-state index contributed by atoms with van der Waals surface area (Å²) in [7, 11) is -3.47. The Bertz CT molecular complexity index is 625. The lowest BCUT2D eigenvalue weighted by Gasteiger charge is -2.21. The molecule has 4 nitrogen and oxygen atoms in total. The molecular formula is C15H20N2O2S. The maximum Gasteiger partial charge on any atom is 0.244 e. The Kier molecular flexibility index (Phi) is 4.81. The summed E-state index contributed by atoms with van der Waals surface area (Å²) in [5.41, 5.74) is 5.90. The highest BCUT2D eigenvalue weighted by Gasteiger charge is 2.38.